The third-order valence-corrected chi connectivity index (χ3v) is 3.81. The van der Waals surface area contributed by atoms with Gasteiger partial charge < -0.3 is 10.5 Å². The molecule has 1 atom stereocenters. The van der Waals surface area contributed by atoms with E-state index in [2.05, 4.69) is 15.9 Å². The highest BCUT2D eigenvalue weighted by Crippen LogP contribution is 2.38. The molecule has 0 fully saturated rings. The van der Waals surface area contributed by atoms with Crippen molar-refractivity contribution in [1.29, 1.82) is 0 Å². The molecule has 0 heterocycles. The smallest absolute Gasteiger partial charge is 0.313 e. The molecule has 0 aliphatic rings. The Kier molecular flexibility index (Phi) is 4.82. The molecule has 2 rings (SSSR count). The third kappa shape index (κ3) is 3.53. The van der Waals surface area contributed by atoms with Crippen LogP contribution in [0.3, 0.4) is 0 Å². The van der Waals surface area contributed by atoms with E-state index in [1.54, 1.807) is 18.2 Å². The molecule has 2 aromatic rings. The van der Waals surface area contributed by atoms with Gasteiger partial charge in [0.2, 0.25) is 5.75 Å². The van der Waals surface area contributed by atoms with E-state index in [-0.39, 0.29) is 22.5 Å². The molecule has 7 heteroatoms. The lowest BCUT2D eigenvalue weighted by Crippen LogP contribution is -2.05. The van der Waals surface area contributed by atoms with Crippen molar-refractivity contribution in [1.82, 2.24) is 0 Å². The molecule has 2 N–H and O–H groups in total. The zero-order valence-electron chi connectivity index (χ0n) is 11.0. The topological polar surface area (TPSA) is 78.4 Å². The number of rotatable bonds is 4. The molecule has 0 amide bonds. The second-order valence-corrected chi connectivity index (χ2v) is 5.68. The summed E-state index contributed by atoms with van der Waals surface area (Å²) in [4.78, 5) is 10.5. The highest BCUT2D eigenvalue weighted by Gasteiger charge is 2.19. The van der Waals surface area contributed by atoms with Crippen LogP contribution in [0.5, 0.6) is 11.5 Å². The molecular formula is C14H12BrClN2O3. The van der Waals surface area contributed by atoms with Crippen LogP contribution in [0.4, 0.5) is 5.69 Å². The minimum Gasteiger partial charge on any atom is -0.448 e. The fraction of sp³-hybridized carbons (Fsp3) is 0.143. The summed E-state index contributed by atoms with van der Waals surface area (Å²) in [6.07, 6.45) is 0. The quantitative estimate of drug-likeness (QED) is 0.617. The van der Waals surface area contributed by atoms with Crippen molar-refractivity contribution in [3.8, 4) is 11.5 Å². The Morgan fingerprint density at radius 3 is 2.67 bits per heavy atom. The van der Waals surface area contributed by atoms with Crippen LogP contribution in [0.15, 0.2) is 40.9 Å². The van der Waals surface area contributed by atoms with Gasteiger partial charge in [0.25, 0.3) is 0 Å². The summed E-state index contributed by atoms with van der Waals surface area (Å²) in [5.74, 6) is 0.451. The van der Waals surface area contributed by atoms with Crippen molar-refractivity contribution in [2.75, 3.05) is 0 Å². The maximum atomic E-state index is 11.0. The van der Waals surface area contributed by atoms with Crippen molar-refractivity contribution in [2.45, 2.75) is 13.0 Å². The summed E-state index contributed by atoms with van der Waals surface area (Å²) in [6.45, 7) is 1.86. The van der Waals surface area contributed by atoms with E-state index in [4.69, 9.17) is 22.1 Å². The summed E-state index contributed by atoms with van der Waals surface area (Å²) >= 11 is 9.38. The highest BCUT2D eigenvalue weighted by atomic mass is 79.9. The summed E-state index contributed by atoms with van der Waals surface area (Å²) < 4.78 is 6.34. The largest absolute Gasteiger partial charge is 0.448 e. The van der Waals surface area contributed by atoms with Crippen molar-refractivity contribution in [3.63, 3.8) is 0 Å². The zero-order valence-corrected chi connectivity index (χ0v) is 13.4. The van der Waals surface area contributed by atoms with Gasteiger partial charge in [-0.1, -0.05) is 39.7 Å². The molecule has 0 spiro atoms. The minimum absolute atomic E-state index is 0.0182. The Hall–Kier alpha value is -1.63. The molecule has 0 bridgehead atoms. The van der Waals surface area contributed by atoms with Gasteiger partial charge in [-0.25, -0.2) is 0 Å². The number of nitro benzene ring substituents is 1. The third-order valence-electron chi connectivity index (χ3n) is 2.83. The lowest BCUT2D eigenvalue weighted by Gasteiger charge is -2.12. The maximum Gasteiger partial charge on any atom is 0.313 e. The van der Waals surface area contributed by atoms with E-state index in [1.807, 2.05) is 6.92 Å². The second kappa shape index (κ2) is 6.43. The molecule has 2 aromatic carbocycles. The van der Waals surface area contributed by atoms with Gasteiger partial charge in [0.1, 0.15) is 5.75 Å². The average Bonchev–Trinajstić information content (AvgIpc) is 2.40. The molecule has 0 saturated heterocycles. The van der Waals surface area contributed by atoms with E-state index in [0.717, 1.165) is 10.0 Å². The van der Waals surface area contributed by atoms with Gasteiger partial charge in [0, 0.05) is 16.6 Å². The summed E-state index contributed by atoms with van der Waals surface area (Å²) in [5, 5.41) is 11.2. The molecule has 0 aliphatic heterocycles. The van der Waals surface area contributed by atoms with Crippen LogP contribution >= 0.6 is 27.5 Å². The van der Waals surface area contributed by atoms with Crippen LogP contribution in [0.2, 0.25) is 5.02 Å². The number of hydrogen-bond donors (Lipinski definition) is 1. The van der Waals surface area contributed by atoms with Gasteiger partial charge in [0.15, 0.2) is 0 Å². The Balaban J connectivity index is 2.39. The molecule has 21 heavy (non-hydrogen) atoms. The molecule has 0 radical (unpaired) electrons. The van der Waals surface area contributed by atoms with Gasteiger partial charge in [-0.15, -0.1) is 0 Å². The van der Waals surface area contributed by atoms with E-state index in [0.29, 0.717) is 5.75 Å². The molecule has 0 unspecified atom stereocenters. The Morgan fingerprint density at radius 2 is 2.10 bits per heavy atom. The molecule has 0 aromatic heterocycles. The Bertz CT molecular complexity index is 692. The molecule has 5 nitrogen and oxygen atoms in total. The van der Waals surface area contributed by atoms with Crippen LogP contribution in [0.25, 0.3) is 0 Å². The number of benzene rings is 2. The van der Waals surface area contributed by atoms with Crippen LogP contribution in [0, 0.1) is 10.1 Å². The van der Waals surface area contributed by atoms with Crippen LogP contribution in [0.1, 0.15) is 18.5 Å². The number of nitrogens with zero attached hydrogens (tertiary/aromatic N) is 1. The summed E-state index contributed by atoms with van der Waals surface area (Å²) in [7, 11) is 0. The predicted molar refractivity (Wildman–Crippen MR) is 84.9 cm³/mol. The molecule has 0 aliphatic carbocycles. The zero-order chi connectivity index (χ0) is 15.6. The lowest BCUT2D eigenvalue weighted by molar-refractivity contribution is -0.385. The average molecular weight is 372 g/mol. The molecule has 110 valence electrons. The summed E-state index contributed by atoms with van der Waals surface area (Å²) in [5.41, 5.74) is 6.55. The Labute approximate surface area is 134 Å². The van der Waals surface area contributed by atoms with E-state index in [9.17, 15) is 10.1 Å². The number of nitro groups is 1. The maximum absolute atomic E-state index is 11.0. The van der Waals surface area contributed by atoms with Crippen LogP contribution < -0.4 is 10.5 Å². The van der Waals surface area contributed by atoms with Crippen molar-refractivity contribution in [2.24, 2.45) is 5.73 Å². The molecular weight excluding hydrogens is 360 g/mol. The fourth-order valence-corrected chi connectivity index (χ4v) is 2.73. The number of nitrogens with two attached hydrogens (primary N) is 1. The fourth-order valence-electron chi connectivity index (χ4n) is 1.80. The van der Waals surface area contributed by atoms with E-state index in [1.165, 1.54) is 18.2 Å². The van der Waals surface area contributed by atoms with Gasteiger partial charge in [-0.2, -0.15) is 0 Å². The van der Waals surface area contributed by atoms with Crippen molar-refractivity contribution >= 4 is 33.2 Å². The molecule has 0 saturated carbocycles. The predicted octanol–water partition coefficient (Wildman–Crippen LogP) is 4.82. The van der Waals surface area contributed by atoms with E-state index >= 15 is 0 Å². The second-order valence-electron chi connectivity index (χ2n) is 4.42. The number of para-hydroxylation sites is 1. The minimum atomic E-state index is -0.535. The van der Waals surface area contributed by atoms with E-state index < -0.39 is 4.92 Å². The first kappa shape index (κ1) is 15.8. The number of ether oxygens (including phenoxy) is 1. The number of hydrogen-bond acceptors (Lipinski definition) is 4. The first-order valence-corrected chi connectivity index (χ1v) is 7.23. The highest BCUT2D eigenvalue weighted by molar-refractivity contribution is 9.10. The first-order valence-electron chi connectivity index (χ1n) is 6.06. The van der Waals surface area contributed by atoms with Crippen molar-refractivity contribution < 1.29 is 9.66 Å². The van der Waals surface area contributed by atoms with Crippen LogP contribution in [-0.2, 0) is 0 Å². The van der Waals surface area contributed by atoms with Gasteiger partial charge in [-0.3, -0.25) is 10.1 Å². The normalized spacial score (nSPS) is 12.0. The van der Waals surface area contributed by atoms with Gasteiger partial charge in [-0.05, 0) is 30.7 Å². The standard InChI is InChI=1S/C14H12BrClN2O3/c1-8(17)10-6-5-9(7-11(10)15)21-14-12(16)3-2-4-13(14)18(19)20/h2-8H,17H2,1H3/t8-/m1/s1. The summed E-state index contributed by atoms with van der Waals surface area (Å²) in [6, 6.07) is 9.43. The Morgan fingerprint density at radius 1 is 1.38 bits per heavy atom. The number of halogens is 2. The van der Waals surface area contributed by atoms with Crippen molar-refractivity contribution in [3.05, 3.63) is 61.6 Å². The van der Waals surface area contributed by atoms with Gasteiger partial charge >= 0.3 is 5.69 Å². The SMILES string of the molecule is C[C@@H](N)c1ccc(Oc2c(Cl)cccc2[N+](=O)[O-])cc1Br. The first-order chi connectivity index (χ1) is 9.90. The monoisotopic (exact) mass is 370 g/mol. The lowest BCUT2D eigenvalue weighted by atomic mass is 10.1. The van der Waals surface area contributed by atoms with Gasteiger partial charge in [0.05, 0.1) is 9.95 Å². The van der Waals surface area contributed by atoms with Crippen LogP contribution in [-0.4, -0.2) is 4.92 Å².